The lowest BCUT2D eigenvalue weighted by molar-refractivity contribution is -0.00231. The van der Waals surface area contributed by atoms with Crippen LogP contribution in [0.5, 0.6) is 0 Å². The van der Waals surface area contributed by atoms with Crippen LogP contribution in [0.4, 0.5) is 0 Å². The van der Waals surface area contributed by atoms with Crippen molar-refractivity contribution in [1.29, 1.82) is 0 Å². The molecular weight excluding hydrogens is 398 g/mol. The highest BCUT2D eigenvalue weighted by Gasteiger charge is 2.48. The average molecular weight is 436 g/mol. The summed E-state index contributed by atoms with van der Waals surface area (Å²) >= 11 is 0. The number of aromatic nitrogens is 1. The summed E-state index contributed by atoms with van der Waals surface area (Å²) in [6.45, 7) is 2.25. The molecule has 1 heteroatoms. The Bertz CT molecular complexity index is 1160. The zero-order valence-corrected chi connectivity index (χ0v) is 20.1. The Kier molecular flexibility index (Phi) is 4.89. The molecule has 5 fully saturated rings. The second kappa shape index (κ2) is 7.97. The van der Waals surface area contributed by atoms with Crippen LogP contribution in [0, 0.1) is 30.6 Å². The molecule has 8 rings (SSSR count). The lowest BCUT2D eigenvalue weighted by atomic mass is 9.50. The molecule has 5 saturated carbocycles. The molecule has 0 amide bonds. The Hall–Kier alpha value is -2.15. The maximum absolute atomic E-state index is 5.25. The quantitative estimate of drug-likeness (QED) is 0.400. The first-order valence-electron chi connectivity index (χ1n) is 13.7. The maximum atomic E-state index is 5.25. The molecule has 1 aromatic heterocycles. The van der Waals surface area contributed by atoms with Gasteiger partial charge < -0.3 is 0 Å². The molecule has 0 saturated heterocycles. The average Bonchev–Trinajstić information content (AvgIpc) is 2.83. The summed E-state index contributed by atoms with van der Waals surface area (Å²) in [6, 6.07) is 18.9. The van der Waals surface area contributed by atoms with Crippen LogP contribution in [0.15, 0.2) is 48.5 Å². The third-order valence-electron chi connectivity index (χ3n) is 9.82. The Balaban J connectivity index is 1.25. The molecule has 2 aromatic carbocycles. The molecular formula is C32H37N. The van der Waals surface area contributed by atoms with Crippen LogP contribution in [-0.2, 0) is 0 Å². The second-order valence-corrected chi connectivity index (χ2v) is 12.0. The van der Waals surface area contributed by atoms with Crippen molar-refractivity contribution in [2.45, 2.75) is 83.0 Å². The van der Waals surface area contributed by atoms with Crippen molar-refractivity contribution in [3.8, 4) is 11.3 Å². The Labute approximate surface area is 199 Å². The van der Waals surface area contributed by atoms with Gasteiger partial charge in [-0.3, -0.25) is 0 Å². The van der Waals surface area contributed by atoms with Gasteiger partial charge in [0.2, 0.25) is 0 Å². The number of aryl methyl sites for hydroxylation is 1. The highest BCUT2D eigenvalue weighted by molar-refractivity contribution is 5.85. The molecule has 0 aliphatic heterocycles. The summed E-state index contributed by atoms with van der Waals surface area (Å²) in [7, 11) is 0. The van der Waals surface area contributed by atoms with E-state index in [0.29, 0.717) is 0 Å². The first kappa shape index (κ1) is 20.2. The van der Waals surface area contributed by atoms with Crippen LogP contribution in [0.1, 0.15) is 92.7 Å². The summed E-state index contributed by atoms with van der Waals surface area (Å²) in [5.74, 6) is 5.40. The zero-order chi connectivity index (χ0) is 21.9. The van der Waals surface area contributed by atoms with Crippen molar-refractivity contribution in [2.75, 3.05) is 0 Å². The van der Waals surface area contributed by atoms with Crippen LogP contribution in [0.2, 0.25) is 0 Å². The van der Waals surface area contributed by atoms with Gasteiger partial charge in [-0.1, -0.05) is 49.1 Å². The number of fused-ring (bicyclic) bond motifs is 1. The molecule has 0 unspecified atom stereocenters. The summed E-state index contributed by atoms with van der Waals surface area (Å²) < 4.78 is 0. The van der Waals surface area contributed by atoms with E-state index in [4.69, 9.17) is 4.98 Å². The summed E-state index contributed by atoms with van der Waals surface area (Å²) in [6.07, 6.45) is 14.3. The minimum Gasteiger partial charge on any atom is -0.248 e. The molecule has 0 atom stereocenters. The Morgan fingerprint density at radius 2 is 1.52 bits per heavy atom. The van der Waals surface area contributed by atoms with Crippen LogP contribution >= 0.6 is 0 Å². The van der Waals surface area contributed by atoms with E-state index in [9.17, 15) is 0 Å². The SMILES string of the molecule is Cc1cc(-c2ccc3c(C4C5CC6CC(C5)CC4C6)cccc3n2)cc(C2CCCCC2)c1. The van der Waals surface area contributed by atoms with E-state index in [1.807, 2.05) is 0 Å². The lowest BCUT2D eigenvalue weighted by Gasteiger charge is -2.54. The van der Waals surface area contributed by atoms with E-state index in [1.54, 1.807) is 5.56 Å². The molecule has 0 N–H and O–H groups in total. The first-order chi connectivity index (χ1) is 16.2. The minimum absolute atomic E-state index is 0.737. The predicted octanol–water partition coefficient (Wildman–Crippen LogP) is 8.80. The second-order valence-electron chi connectivity index (χ2n) is 12.0. The number of hydrogen-bond donors (Lipinski definition) is 0. The van der Waals surface area contributed by atoms with E-state index < -0.39 is 0 Å². The number of nitrogens with zero attached hydrogens (tertiary/aromatic N) is 1. The van der Waals surface area contributed by atoms with Crippen LogP contribution in [0.25, 0.3) is 22.2 Å². The molecule has 4 bridgehead atoms. The fraction of sp³-hybridized carbons (Fsp3) is 0.531. The third kappa shape index (κ3) is 3.54. The number of hydrogen-bond acceptors (Lipinski definition) is 1. The monoisotopic (exact) mass is 435 g/mol. The molecule has 1 heterocycles. The highest BCUT2D eigenvalue weighted by atomic mass is 14.7. The molecule has 5 aliphatic carbocycles. The zero-order valence-electron chi connectivity index (χ0n) is 20.1. The van der Waals surface area contributed by atoms with Gasteiger partial charge in [-0.05, 0) is 123 Å². The van der Waals surface area contributed by atoms with Gasteiger partial charge in [0, 0.05) is 10.9 Å². The Morgan fingerprint density at radius 1 is 0.758 bits per heavy atom. The van der Waals surface area contributed by atoms with Gasteiger partial charge >= 0.3 is 0 Å². The summed E-state index contributed by atoms with van der Waals surface area (Å²) in [4.78, 5) is 5.25. The largest absolute Gasteiger partial charge is 0.248 e. The molecule has 33 heavy (non-hydrogen) atoms. The lowest BCUT2D eigenvalue weighted by Crippen LogP contribution is -2.43. The van der Waals surface area contributed by atoms with Crippen molar-refractivity contribution in [3.05, 3.63) is 65.2 Å². The predicted molar refractivity (Wildman–Crippen MR) is 138 cm³/mol. The van der Waals surface area contributed by atoms with Crippen molar-refractivity contribution >= 4 is 10.9 Å². The van der Waals surface area contributed by atoms with Gasteiger partial charge in [-0.15, -0.1) is 0 Å². The van der Waals surface area contributed by atoms with Crippen molar-refractivity contribution in [1.82, 2.24) is 4.98 Å². The third-order valence-corrected chi connectivity index (χ3v) is 9.82. The standard InChI is InChI=1S/C32H37N/c1-20-12-24(23-6-3-2-4-7-23)19-25(13-20)30-11-10-28-29(8-5-9-31(28)33-30)32-26-15-21-14-22(17-26)18-27(32)16-21/h5,8-13,19,21-23,26-27,32H,2-4,6-7,14-18H2,1H3. The van der Waals surface area contributed by atoms with E-state index in [-0.39, 0.29) is 0 Å². The molecule has 3 aromatic rings. The van der Waals surface area contributed by atoms with Gasteiger partial charge in [-0.2, -0.15) is 0 Å². The van der Waals surface area contributed by atoms with E-state index in [2.05, 4.69) is 55.5 Å². The highest BCUT2D eigenvalue weighted by Crippen LogP contribution is 2.60. The summed E-state index contributed by atoms with van der Waals surface area (Å²) in [5.41, 5.74) is 8.15. The summed E-state index contributed by atoms with van der Waals surface area (Å²) in [5, 5.41) is 1.42. The topological polar surface area (TPSA) is 12.9 Å². The normalized spacial score (nSPS) is 31.4. The molecule has 1 nitrogen and oxygen atoms in total. The van der Waals surface area contributed by atoms with E-state index in [1.165, 1.54) is 91.8 Å². The first-order valence-corrected chi connectivity index (χ1v) is 13.7. The van der Waals surface area contributed by atoms with Gasteiger partial charge in [0.05, 0.1) is 11.2 Å². The van der Waals surface area contributed by atoms with Crippen molar-refractivity contribution in [3.63, 3.8) is 0 Å². The van der Waals surface area contributed by atoms with Gasteiger partial charge in [0.15, 0.2) is 0 Å². The van der Waals surface area contributed by atoms with Crippen LogP contribution < -0.4 is 0 Å². The smallest absolute Gasteiger partial charge is 0.0712 e. The fourth-order valence-electron chi connectivity index (χ4n) is 8.70. The molecule has 5 aliphatic rings. The molecule has 170 valence electrons. The molecule has 0 spiro atoms. The molecule has 0 radical (unpaired) electrons. The number of rotatable bonds is 3. The fourth-order valence-corrected chi connectivity index (χ4v) is 8.70. The van der Waals surface area contributed by atoms with Crippen LogP contribution in [-0.4, -0.2) is 4.98 Å². The van der Waals surface area contributed by atoms with Gasteiger partial charge in [0.25, 0.3) is 0 Å². The van der Waals surface area contributed by atoms with E-state index >= 15 is 0 Å². The maximum Gasteiger partial charge on any atom is 0.0712 e. The van der Waals surface area contributed by atoms with Gasteiger partial charge in [0.1, 0.15) is 0 Å². The minimum atomic E-state index is 0.737. The number of benzene rings is 2. The van der Waals surface area contributed by atoms with Crippen molar-refractivity contribution < 1.29 is 0 Å². The Morgan fingerprint density at radius 3 is 2.27 bits per heavy atom. The number of pyridine rings is 1. The van der Waals surface area contributed by atoms with Crippen molar-refractivity contribution in [2.24, 2.45) is 23.7 Å². The van der Waals surface area contributed by atoms with Gasteiger partial charge in [-0.25, -0.2) is 4.98 Å². The van der Waals surface area contributed by atoms with E-state index in [0.717, 1.165) is 41.2 Å². The van der Waals surface area contributed by atoms with Crippen LogP contribution in [0.3, 0.4) is 0 Å².